The molecule has 0 spiro atoms. The van der Waals surface area contributed by atoms with Crippen LogP contribution in [0, 0.1) is 13.8 Å². The van der Waals surface area contributed by atoms with Crippen molar-refractivity contribution >= 4 is 22.5 Å². The average Bonchev–Trinajstić information content (AvgIpc) is 2.93. The van der Waals surface area contributed by atoms with E-state index in [2.05, 4.69) is 36.9 Å². The van der Waals surface area contributed by atoms with Gasteiger partial charge >= 0.3 is 0 Å². The number of methoxy groups -OCH3 is 2. The normalized spacial score (nSPS) is 13.7. The molecule has 0 unspecified atom stereocenters. The van der Waals surface area contributed by atoms with E-state index in [1.54, 1.807) is 14.2 Å². The number of para-hydroxylation sites is 1. The standard InChI is InChI=1S/C30H31N3O3/c1-20-8-7-11-28(21(20)2)32-14-16-33(17-15-32)30(34)25-19-27(31-26-10-6-5-9-23(25)26)24-13-12-22(35-3)18-29(24)36-4/h5-13,18-19H,14-17H2,1-4H3. The maximum atomic E-state index is 13.8. The Balaban J connectivity index is 1.47. The van der Waals surface area contributed by atoms with Crippen LogP contribution in [-0.4, -0.2) is 56.2 Å². The molecule has 0 saturated carbocycles. The van der Waals surface area contributed by atoms with Crippen LogP contribution in [0.25, 0.3) is 22.2 Å². The summed E-state index contributed by atoms with van der Waals surface area (Å²) in [7, 11) is 3.25. The minimum absolute atomic E-state index is 0.0305. The number of rotatable bonds is 5. The number of pyridine rings is 1. The molecule has 1 saturated heterocycles. The van der Waals surface area contributed by atoms with Gasteiger partial charge in [-0.2, -0.15) is 0 Å². The first-order valence-electron chi connectivity index (χ1n) is 12.2. The number of aromatic nitrogens is 1. The van der Waals surface area contributed by atoms with Gasteiger partial charge in [0, 0.05) is 48.9 Å². The zero-order valence-corrected chi connectivity index (χ0v) is 21.2. The van der Waals surface area contributed by atoms with Crippen LogP contribution < -0.4 is 14.4 Å². The van der Waals surface area contributed by atoms with Crippen LogP contribution >= 0.6 is 0 Å². The van der Waals surface area contributed by atoms with Crippen LogP contribution in [0.5, 0.6) is 11.5 Å². The summed E-state index contributed by atoms with van der Waals surface area (Å²) in [6.07, 6.45) is 0. The second kappa shape index (κ2) is 9.90. The van der Waals surface area contributed by atoms with Crippen molar-refractivity contribution in [2.24, 2.45) is 0 Å². The lowest BCUT2D eigenvalue weighted by atomic mass is 10.0. The fourth-order valence-electron chi connectivity index (χ4n) is 4.90. The third-order valence-corrected chi connectivity index (χ3v) is 7.11. The first-order valence-corrected chi connectivity index (χ1v) is 12.2. The highest BCUT2D eigenvalue weighted by Crippen LogP contribution is 2.35. The highest BCUT2D eigenvalue weighted by atomic mass is 16.5. The zero-order chi connectivity index (χ0) is 25.2. The van der Waals surface area contributed by atoms with E-state index < -0.39 is 0 Å². The summed E-state index contributed by atoms with van der Waals surface area (Å²) in [4.78, 5) is 23.0. The van der Waals surface area contributed by atoms with Crippen molar-refractivity contribution in [3.63, 3.8) is 0 Å². The van der Waals surface area contributed by atoms with Gasteiger partial charge in [0.1, 0.15) is 11.5 Å². The van der Waals surface area contributed by atoms with Crippen LogP contribution in [0.2, 0.25) is 0 Å². The Bertz CT molecular complexity index is 1420. The second-order valence-electron chi connectivity index (χ2n) is 9.14. The molecule has 1 aromatic heterocycles. The van der Waals surface area contributed by atoms with Crippen LogP contribution in [0.3, 0.4) is 0 Å². The number of ether oxygens (including phenoxy) is 2. The van der Waals surface area contributed by atoms with Gasteiger partial charge < -0.3 is 19.3 Å². The van der Waals surface area contributed by atoms with Crippen LogP contribution in [-0.2, 0) is 0 Å². The molecule has 6 nitrogen and oxygen atoms in total. The predicted octanol–water partition coefficient (Wildman–Crippen LogP) is 5.50. The van der Waals surface area contributed by atoms with Gasteiger partial charge in [0.05, 0.1) is 31.0 Å². The maximum Gasteiger partial charge on any atom is 0.254 e. The van der Waals surface area contributed by atoms with Gasteiger partial charge in [0.2, 0.25) is 0 Å². The van der Waals surface area contributed by atoms with E-state index in [0.717, 1.165) is 29.6 Å². The van der Waals surface area contributed by atoms with E-state index in [1.807, 2.05) is 53.4 Å². The Morgan fingerprint density at radius 2 is 1.64 bits per heavy atom. The smallest absolute Gasteiger partial charge is 0.254 e. The summed E-state index contributed by atoms with van der Waals surface area (Å²) in [5.74, 6) is 1.38. The number of piperazine rings is 1. The average molecular weight is 482 g/mol. The minimum atomic E-state index is 0.0305. The summed E-state index contributed by atoms with van der Waals surface area (Å²) in [6, 6.07) is 21.8. The maximum absolute atomic E-state index is 13.8. The number of carbonyl (C=O) groups excluding carboxylic acids is 1. The molecule has 3 aromatic carbocycles. The number of amides is 1. The fraction of sp³-hybridized carbons (Fsp3) is 0.267. The SMILES string of the molecule is COc1ccc(-c2cc(C(=O)N3CCN(c4cccc(C)c4C)CC3)c3ccccc3n2)c(OC)c1. The van der Waals surface area contributed by atoms with Crippen LogP contribution in [0.1, 0.15) is 21.5 Å². The van der Waals surface area contributed by atoms with E-state index in [9.17, 15) is 4.79 Å². The molecule has 1 aliphatic rings. The molecule has 36 heavy (non-hydrogen) atoms. The molecule has 5 rings (SSSR count). The van der Waals surface area contributed by atoms with Gasteiger partial charge in [-0.05, 0) is 55.3 Å². The van der Waals surface area contributed by atoms with E-state index in [0.29, 0.717) is 35.8 Å². The molecule has 1 aliphatic heterocycles. The van der Waals surface area contributed by atoms with E-state index in [-0.39, 0.29) is 5.91 Å². The van der Waals surface area contributed by atoms with Gasteiger partial charge in [-0.3, -0.25) is 4.79 Å². The molecule has 0 N–H and O–H groups in total. The van der Waals surface area contributed by atoms with Crippen molar-refractivity contribution in [1.29, 1.82) is 0 Å². The highest BCUT2D eigenvalue weighted by Gasteiger charge is 2.25. The quantitative estimate of drug-likeness (QED) is 0.377. The molecule has 0 bridgehead atoms. The number of hydrogen-bond donors (Lipinski definition) is 0. The molecule has 184 valence electrons. The molecule has 1 amide bonds. The van der Waals surface area contributed by atoms with E-state index in [4.69, 9.17) is 14.5 Å². The highest BCUT2D eigenvalue weighted by molar-refractivity contribution is 6.07. The lowest BCUT2D eigenvalue weighted by Crippen LogP contribution is -2.49. The van der Waals surface area contributed by atoms with Crippen molar-refractivity contribution in [1.82, 2.24) is 9.88 Å². The molecule has 0 aliphatic carbocycles. The van der Waals surface area contributed by atoms with Crippen molar-refractivity contribution in [3.05, 3.63) is 83.4 Å². The summed E-state index contributed by atoms with van der Waals surface area (Å²) < 4.78 is 11.0. The molecular formula is C30H31N3O3. The fourth-order valence-corrected chi connectivity index (χ4v) is 4.90. The summed E-state index contributed by atoms with van der Waals surface area (Å²) in [5, 5.41) is 0.857. The number of carbonyl (C=O) groups is 1. The zero-order valence-electron chi connectivity index (χ0n) is 21.2. The predicted molar refractivity (Wildman–Crippen MR) is 144 cm³/mol. The summed E-state index contributed by atoms with van der Waals surface area (Å²) >= 11 is 0. The van der Waals surface area contributed by atoms with Crippen LogP contribution in [0.4, 0.5) is 5.69 Å². The number of fused-ring (bicyclic) bond motifs is 1. The third kappa shape index (κ3) is 4.35. The number of aryl methyl sites for hydroxylation is 1. The molecule has 1 fully saturated rings. The molecule has 6 heteroatoms. The first kappa shape index (κ1) is 23.7. The topological polar surface area (TPSA) is 54.9 Å². The Kier molecular flexibility index (Phi) is 6.51. The van der Waals surface area contributed by atoms with Crippen molar-refractivity contribution in [3.8, 4) is 22.8 Å². The summed E-state index contributed by atoms with van der Waals surface area (Å²) in [5.41, 5.74) is 6.80. The molecule has 0 atom stereocenters. The van der Waals surface area contributed by atoms with Crippen LogP contribution in [0.15, 0.2) is 66.7 Å². The number of hydrogen-bond acceptors (Lipinski definition) is 5. The number of benzene rings is 3. The van der Waals surface area contributed by atoms with Crippen molar-refractivity contribution in [2.45, 2.75) is 13.8 Å². The molecule has 4 aromatic rings. The Morgan fingerprint density at radius 3 is 2.39 bits per heavy atom. The number of nitrogens with zero attached hydrogens (tertiary/aromatic N) is 3. The molecule has 2 heterocycles. The Hall–Kier alpha value is -4.06. The molecular weight excluding hydrogens is 450 g/mol. The number of anilines is 1. The van der Waals surface area contributed by atoms with Gasteiger partial charge in [0.25, 0.3) is 5.91 Å². The van der Waals surface area contributed by atoms with Crippen molar-refractivity contribution < 1.29 is 14.3 Å². The van der Waals surface area contributed by atoms with Gasteiger partial charge in [0.15, 0.2) is 0 Å². The lowest BCUT2D eigenvalue weighted by Gasteiger charge is -2.37. The third-order valence-electron chi connectivity index (χ3n) is 7.11. The van der Waals surface area contributed by atoms with E-state index in [1.165, 1.54) is 16.8 Å². The van der Waals surface area contributed by atoms with Gasteiger partial charge in [-0.25, -0.2) is 4.98 Å². The Morgan fingerprint density at radius 1 is 0.861 bits per heavy atom. The van der Waals surface area contributed by atoms with Gasteiger partial charge in [-0.15, -0.1) is 0 Å². The molecule has 0 radical (unpaired) electrons. The van der Waals surface area contributed by atoms with E-state index >= 15 is 0 Å². The first-order chi connectivity index (χ1) is 17.5. The Labute approximate surface area is 212 Å². The lowest BCUT2D eigenvalue weighted by molar-refractivity contribution is 0.0748. The van der Waals surface area contributed by atoms with Gasteiger partial charge in [-0.1, -0.05) is 30.3 Å². The summed E-state index contributed by atoms with van der Waals surface area (Å²) in [6.45, 7) is 7.26. The minimum Gasteiger partial charge on any atom is -0.497 e. The largest absolute Gasteiger partial charge is 0.497 e. The monoisotopic (exact) mass is 481 g/mol. The van der Waals surface area contributed by atoms with Crippen molar-refractivity contribution in [2.75, 3.05) is 45.3 Å². The second-order valence-corrected chi connectivity index (χ2v) is 9.14.